The molecule has 1 aromatic rings. The number of nitrogens with zero attached hydrogens (tertiary/aromatic N) is 4. The molecule has 0 aliphatic carbocycles. The molecule has 0 atom stereocenters. The van der Waals surface area contributed by atoms with E-state index in [2.05, 4.69) is 30.5 Å². The summed E-state index contributed by atoms with van der Waals surface area (Å²) in [5, 5.41) is 6.25. The Labute approximate surface area is 118 Å². The number of anilines is 2. The lowest BCUT2D eigenvalue weighted by molar-refractivity contribution is 0.0398. The normalized spacial score (nSPS) is 15.9. The molecule has 8 nitrogen and oxygen atoms in total. The summed E-state index contributed by atoms with van der Waals surface area (Å²) < 4.78 is 10.4. The summed E-state index contributed by atoms with van der Waals surface area (Å²) in [6.07, 6.45) is 0. The summed E-state index contributed by atoms with van der Waals surface area (Å²) in [5.74, 6) is 1.05. The third-order valence-corrected chi connectivity index (χ3v) is 2.95. The molecule has 8 heteroatoms. The standard InChI is InChI=1S/C12H22N6O2/c1-3-13-10-15-11(17-12(16-10)19-2)14-4-5-18-6-8-20-9-7-18/h3-9H2,1-2H3,(H2,13,14,15,16,17). The van der Waals surface area contributed by atoms with E-state index in [9.17, 15) is 0 Å². The van der Waals surface area contributed by atoms with E-state index >= 15 is 0 Å². The fourth-order valence-electron chi connectivity index (χ4n) is 1.91. The monoisotopic (exact) mass is 282 g/mol. The van der Waals surface area contributed by atoms with Crippen LogP contribution < -0.4 is 15.4 Å². The molecule has 1 aromatic heterocycles. The van der Waals surface area contributed by atoms with E-state index in [1.165, 1.54) is 0 Å². The minimum atomic E-state index is 0.310. The van der Waals surface area contributed by atoms with Crippen molar-refractivity contribution in [1.82, 2.24) is 19.9 Å². The maximum Gasteiger partial charge on any atom is 0.322 e. The lowest BCUT2D eigenvalue weighted by atomic mass is 10.4. The van der Waals surface area contributed by atoms with Crippen LogP contribution in [0.15, 0.2) is 0 Å². The largest absolute Gasteiger partial charge is 0.467 e. The van der Waals surface area contributed by atoms with Gasteiger partial charge in [0.15, 0.2) is 0 Å². The first kappa shape index (κ1) is 14.7. The number of morpholine rings is 1. The first-order chi connectivity index (χ1) is 9.81. The average molecular weight is 282 g/mol. The minimum absolute atomic E-state index is 0.310. The lowest BCUT2D eigenvalue weighted by Gasteiger charge is -2.26. The second-order valence-corrected chi connectivity index (χ2v) is 4.38. The molecule has 2 heterocycles. The van der Waals surface area contributed by atoms with Crippen molar-refractivity contribution in [1.29, 1.82) is 0 Å². The van der Waals surface area contributed by atoms with Gasteiger partial charge in [-0.3, -0.25) is 4.90 Å². The maximum absolute atomic E-state index is 5.32. The van der Waals surface area contributed by atoms with Gasteiger partial charge < -0.3 is 20.1 Å². The van der Waals surface area contributed by atoms with Gasteiger partial charge in [0.1, 0.15) is 0 Å². The van der Waals surface area contributed by atoms with E-state index in [0.29, 0.717) is 17.9 Å². The highest BCUT2D eigenvalue weighted by atomic mass is 16.5. The molecule has 1 aliphatic heterocycles. The number of methoxy groups -OCH3 is 1. The Morgan fingerprint density at radius 1 is 1.15 bits per heavy atom. The number of nitrogens with one attached hydrogen (secondary N) is 2. The van der Waals surface area contributed by atoms with Crippen LogP contribution in [-0.4, -0.2) is 72.9 Å². The number of rotatable bonds is 7. The zero-order valence-electron chi connectivity index (χ0n) is 12.1. The van der Waals surface area contributed by atoms with Gasteiger partial charge in [-0.25, -0.2) is 0 Å². The number of hydrogen-bond donors (Lipinski definition) is 2. The van der Waals surface area contributed by atoms with E-state index in [1.54, 1.807) is 7.11 Å². The maximum atomic E-state index is 5.32. The quantitative estimate of drug-likeness (QED) is 0.726. The molecule has 0 saturated carbocycles. The van der Waals surface area contributed by atoms with Gasteiger partial charge >= 0.3 is 6.01 Å². The van der Waals surface area contributed by atoms with Gasteiger partial charge in [0.2, 0.25) is 11.9 Å². The second-order valence-electron chi connectivity index (χ2n) is 4.38. The molecule has 0 aromatic carbocycles. The Balaban J connectivity index is 1.85. The summed E-state index contributed by atoms with van der Waals surface area (Å²) in [7, 11) is 1.54. The second kappa shape index (κ2) is 7.81. The van der Waals surface area contributed by atoms with Crippen molar-refractivity contribution in [2.24, 2.45) is 0 Å². The predicted octanol–water partition coefficient (Wildman–Crippen LogP) is 0.0561. The molecule has 0 radical (unpaired) electrons. The zero-order valence-corrected chi connectivity index (χ0v) is 12.1. The summed E-state index contributed by atoms with van der Waals surface area (Å²) >= 11 is 0. The van der Waals surface area contributed by atoms with Gasteiger partial charge in [-0.15, -0.1) is 0 Å². The zero-order chi connectivity index (χ0) is 14.2. The molecular formula is C12H22N6O2. The summed E-state index contributed by atoms with van der Waals surface area (Å²) in [6.45, 7) is 8.03. The van der Waals surface area contributed by atoms with Gasteiger partial charge in [0, 0.05) is 32.7 Å². The highest BCUT2D eigenvalue weighted by Crippen LogP contribution is 2.10. The molecule has 0 spiro atoms. The first-order valence-electron chi connectivity index (χ1n) is 6.89. The first-order valence-corrected chi connectivity index (χ1v) is 6.89. The van der Waals surface area contributed by atoms with Crippen molar-refractivity contribution >= 4 is 11.9 Å². The predicted molar refractivity (Wildman–Crippen MR) is 76.3 cm³/mol. The third-order valence-electron chi connectivity index (χ3n) is 2.95. The summed E-state index contributed by atoms with van der Waals surface area (Å²) in [5.41, 5.74) is 0. The van der Waals surface area contributed by atoms with Crippen LogP contribution in [0.25, 0.3) is 0 Å². The molecule has 2 N–H and O–H groups in total. The molecular weight excluding hydrogens is 260 g/mol. The Morgan fingerprint density at radius 3 is 2.50 bits per heavy atom. The highest BCUT2D eigenvalue weighted by molar-refractivity contribution is 5.35. The van der Waals surface area contributed by atoms with Crippen LogP contribution in [0.2, 0.25) is 0 Å². The Hall–Kier alpha value is -1.67. The molecule has 1 fully saturated rings. The molecule has 0 unspecified atom stereocenters. The number of ether oxygens (including phenoxy) is 2. The smallest absolute Gasteiger partial charge is 0.322 e. The fourth-order valence-corrected chi connectivity index (χ4v) is 1.91. The molecule has 1 saturated heterocycles. The third kappa shape index (κ3) is 4.46. The van der Waals surface area contributed by atoms with E-state index in [1.807, 2.05) is 6.92 Å². The average Bonchev–Trinajstić information content (AvgIpc) is 2.48. The topological polar surface area (TPSA) is 84.4 Å². The summed E-state index contributed by atoms with van der Waals surface area (Å²) in [4.78, 5) is 14.9. The van der Waals surface area contributed by atoms with Crippen molar-refractivity contribution < 1.29 is 9.47 Å². The minimum Gasteiger partial charge on any atom is -0.467 e. The van der Waals surface area contributed by atoms with Crippen LogP contribution in [0.5, 0.6) is 6.01 Å². The molecule has 112 valence electrons. The van der Waals surface area contributed by atoms with Crippen molar-refractivity contribution in [2.45, 2.75) is 6.92 Å². The van der Waals surface area contributed by atoms with E-state index in [0.717, 1.165) is 45.9 Å². The Bertz CT molecular complexity index is 411. The van der Waals surface area contributed by atoms with Crippen LogP contribution in [0.1, 0.15) is 6.92 Å². The molecule has 2 rings (SSSR count). The Kier molecular flexibility index (Phi) is 5.75. The molecule has 0 amide bonds. The van der Waals surface area contributed by atoms with Crippen LogP contribution in [-0.2, 0) is 4.74 Å². The molecule has 20 heavy (non-hydrogen) atoms. The van der Waals surface area contributed by atoms with E-state index in [4.69, 9.17) is 9.47 Å². The lowest BCUT2D eigenvalue weighted by Crippen LogP contribution is -2.39. The summed E-state index contributed by atoms with van der Waals surface area (Å²) in [6, 6.07) is 0.310. The van der Waals surface area contributed by atoms with E-state index < -0.39 is 0 Å². The molecule has 1 aliphatic rings. The van der Waals surface area contributed by atoms with Crippen LogP contribution in [0, 0.1) is 0 Å². The van der Waals surface area contributed by atoms with Gasteiger partial charge in [0.05, 0.1) is 20.3 Å². The van der Waals surface area contributed by atoms with Gasteiger partial charge in [-0.05, 0) is 6.92 Å². The number of hydrogen-bond acceptors (Lipinski definition) is 8. The number of aromatic nitrogens is 3. The van der Waals surface area contributed by atoms with Crippen molar-refractivity contribution in [2.75, 3.05) is 63.7 Å². The van der Waals surface area contributed by atoms with Crippen LogP contribution in [0.4, 0.5) is 11.9 Å². The highest BCUT2D eigenvalue weighted by Gasteiger charge is 2.10. The van der Waals surface area contributed by atoms with Crippen molar-refractivity contribution in [3.63, 3.8) is 0 Å². The van der Waals surface area contributed by atoms with Gasteiger partial charge in [-0.1, -0.05) is 0 Å². The van der Waals surface area contributed by atoms with Crippen LogP contribution >= 0.6 is 0 Å². The van der Waals surface area contributed by atoms with Gasteiger partial charge in [0.25, 0.3) is 0 Å². The van der Waals surface area contributed by atoms with E-state index in [-0.39, 0.29) is 0 Å². The fraction of sp³-hybridized carbons (Fsp3) is 0.750. The SMILES string of the molecule is CCNc1nc(NCCN2CCOCC2)nc(OC)n1. The van der Waals surface area contributed by atoms with Crippen molar-refractivity contribution in [3.8, 4) is 6.01 Å². The van der Waals surface area contributed by atoms with Crippen LogP contribution in [0.3, 0.4) is 0 Å². The Morgan fingerprint density at radius 2 is 1.85 bits per heavy atom. The molecule has 0 bridgehead atoms. The van der Waals surface area contributed by atoms with Crippen molar-refractivity contribution in [3.05, 3.63) is 0 Å². The van der Waals surface area contributed by atoms with Gasteiger partial charge in [-0.2, -0.15) is 15.0 Å².